The van der Waals surface area contributed by atoms with Crippen molar-refractivity contribution in [2.45, 2.75) is 64.8 Å². The van der Waals surface area contributed by atoms with E-state index >= 15 is 0 Å². The van der Waals surface area contributed by atoms with Crippen molar-refractivity contribution in [2.24, 2.45) is 11.7 Å². The number of nitrogens with two attached hydrogens (primary N) is 1. The third-order valence-electron chi connectivity index (χ3n) is 8.83. The highest BCUT2D eigenvalue weighted by Crippen LogP contribution is 2.44. The summed E-state index contributed by atoms with van der Waals surface area (Å²) in [6.45, 7) is 2.50. The number of alkyl halides is 2. The zero-order valence-corrected chi connectivity index (χ0v) is 27.6. The number of benzene rings is 1. The molecule has 5 aromatic rings. The maximum Gasteiger partial charge on any atom is 0.388 e. The summed E-state index contributed by atoms with van der Waals surface area (Å²) in [6, 6.07) is 11.5. The van der Waals surface area contributed by atoms with E-state index in [1.54, 1.807) is 60.0 Å². The lowest BCUT2D eigenvalue weighted by Crippen LogP contribution is -2.52. The smallest absolute Gasteiger partial charge is 0.388 e. The molecule has 1 atom stereocenters. The Labute approximate surface area is 285 Å². The molecule has 11 nitrogen and oxygen atoms in total. The van der Waals surface area contributed by atoms with Gasteiger partial charge < -0.3 is 15.2 Å². The molecule has 0 unspecified atom stereocenters. The Morgan fingerprint density at radius 2 is 1.92 bits per heavy atom. The minimum Gasteiger partial charge on any atom is -0.476 e. The van der Waals surface area contributed by atoms with E-state index in [0.29, 0.717) is 73.5 Å². The first-order valence-electron chi connectivity index (χ1n) is 15.8. The van der Waals surface area contributed by atoms with Crippen LogP contribution in [-0.4, -0.2) is 48.8 Å². The summed E-state index contributed by atoms with van der Waals surface area (Å²) in [5.41, 5.74) is 9.33. The number of hydrogen-bond acceptors (Lipinski definition) is 8. The topological polar surface area (TPSA) is 138 Å². The molecule has 0 saturated heterocycles. The highest BCUT2D eigenvalue weighted by Gasteiger charge is 2.41. The highest BCUT2D eigenvalue weighted by atomic mass is 35.5. The van der Waals surface area contributed by atoms with Crippen molar-refractivity contribution in [3.05, 3.63) is 88.6 Å². The molecular weight excluding hydrogens is 656 g/mol. The van der Waals surface area contributed by atoms with Crippen molar-refractivity contribution in [1.82, 2.24) is 24.7 Å². The van der Waals surface area contributed by atoms with E-state index < -0.39 is 24.2 Å². The summed E-state index contributed by atoms with van der Waals surface area (Å²) in [4.78, 5) is 41.8. The molecule has 49 heavy (non-hydrogen) atoms. The standard InChI is InChI=1S/C35H32ClF2N7O4/c1-18(21-7-11-28(41-14-21)48-34(37)38)45-32-24(16-42-45)29(30(31(39)46)25(43-32)12-19-4-5-19)20-6-10-26-27(13-20)49-35(2,3)33(47)44(26)17-23-9-8-22(36)15-40-23/h6-11,13-16,18-19,34H,4-5,12,17H2,1-3H3,(H2,39,46)/t18-/m0/s1. The second-order valence-electron chi connectivity index (χ2n) is 12.8. The third-order valence-corrected chi connectivity index (χ3v) is 9.06. The number of carbonyl (C=O) groups excluding carboxylic acids is 2. The number of hydrogen-bond donors (Lipinski definition) is 1. The molecule has 2 amide bonds. The van der Waals surface area contributed by atoms with Crippen LogP contribution in [0.15, 0.2) is 61.1 Å². The fourth-order valence-electron chi connectivity index (χ4n) is 6.19. The van der Waals surface area contributed by atoms with Gasteiger partial charge in [0.15, 0.2) is 11.2 Å². The van der Waals surface area contributed by atoms with Gasteiger partial charge in [-0.3, -0.25) is 19.5 Å². The molecule has 252 valence electrons. The molecule has 1 fully saturated rings. The van der Waals surface area contributed by atoms with Gasteiger partial charge in [0, 0.05) is 29.4 Å². The van der Waals surface area contributed by atoms with E-state index in [2.05, 4.69) is 19.8 Å². The first kappa shape index (κ1) is 32.4. The Kier molecular flexibility index (Phi) is 8.18. The van der Waals surface area contributed by atoms with Gasteiger partial charge in [-0.15, -0.1) is 0 Å². The summed E-state index contributed by atoms with van der Waals surface area (Å²) in [6.07, 6.45) is 7.23. The van der Waals surface area contributed by atoms with Crippen molar-refractivity contribution in [1.29, 1.82) is 0 Å². The van der Waals surface area contributed by atoms with Gasteiger partial charge in [-0.2, -0.15) is 13.9 Å². The van der Waals surface area contributed by atoms with Crippen LogP contribution in [0.1, 0.15) is 67.0 Å². The van der Waals surface area contributed by atoms with Crippen LogP contribution in [0, 0.1) is 5.92 Å². The molecule has 1 saturated carbocycles. The Balaban J connectivity index is 1.35. The summed E-state index contributed by atoms with van der Waals surface area (Å²) in [7, 11) is 0. The lowest BCUT2D eigenvalue weighted by atomic mass is 9.92. The van der Waals surface area contributed by atoms with Gasteiger partial charge in [0.25, 0.3) is 11.8 Å². The third kappa shape index (κ3) is 6.26. The first-order chi connectivity index (χ1) is 23.4. The number of aromatic nitrogens is 5. The van der Waals surface area contributed by atoms with Crippen molar-refractivity contribution >= 4 is 40.1 Å². The predicted octanol–water partition coefficient (Wildman–Crippen LogP) is 6.51. The lowest BCUT2D eigenvalue weighted by Gasteiger charge is -2.39. The van der Waals surface area contributed by atoms with E-state index in [1.807, 2.05) is 13.0 Å². The fourth-order valence-corrected chi connectivity index (χ4v) is 6.30. The van der Waals surface area contributed by atoms with Crippen LogP contribution in [-0.2, 0) is 17.8 Å². The minimum absolute atomic E-state index is 0.196. The van der Waals surface area contributed by atoms with Crippen LogP contribution < -0.4 is 20.1 Å². The highest BCUT2D eigenvalue weighted by molar-refractivity contribution is 6.30. The number of anilines is 1. The minimum atomic E-state index is -2.98. The molecule has 0 radical (unpaired) electrons. The van der Waals surface area contributed by atoms with Gasteiger partial charge in [0.2, 0.25) is 5.88 Å². The molecule has 14 heteroatoms. The van der Waals surface area contributed by atoms with Crippen molar-refractivity contribution < 1.29 is 27.8 Å². The Morgan fingerprint density at radius 1 is 1.12 bits per heavy atom. The zero-order chi connectivity index (χ0) is 34.6. The normalized spacial score (nSPS) is 16.1. The molecule has 7 rings (SSSR count). The van der Waals surface area contributed by atoms with Crippen molar-refractivity contribution in [3.8, 4) is 22.8 Å². The molecular formula is C35H32ClF2N7O4. The quantitative estimate of drug-likeness (QED) is 0.175. The van der Waals surface area contributed by atoms with Crippen LogP contribution in [0.4, 0.5) is 14.5 Å². The number of carbonyl (C=O) groups is 2. The summed E-state index contributed by atoms with van der Waals surface area (Å²) in [5.74, 6) is -0.233. The fraction of sp³-hybridized carbons (Fsp3) is 0.314. The van der Waals surface area contributed by atoms with Gasteiger partial charge >= 0.3 is 6.61 Å². The van der Waals surface area contributed by atoms with Crippen molar-refractivity contribution in [2.75, 3.05) is 4.90 Å². The molecule has 0 spiro atoms. The molecule has 1 aliphatic heterocycles. The van der Waals surface area contributed by atoms with Gasteiger partial charge in [0.1, 0.15) is 5.75 Å². The summed E-state index contributed by atoms with van der Waals surface area (Å²) < 4.78 is 37.8. The maximum absolute atomic E-state index is 13.6. The first-order valence-corrected chi connectivity index (χ1v) is 16.1. The second-order valence-corrected chi connectivity index (χ2v) is 13.2. The van der Waals surface area contributed by atoms with Crippen LogP contribution in [0.3, 0.4) is 0 Å². The second kappa shape index (κ2) is 12.4. The lowest BCUT2D eigenvalue weighted by molar-refractivity contribution is -0.132. The molecule has 4 aromatic heterocycles. The maximum atomic E-state index is 13.6. The van der Waals surface area contributed by atoms with E-state index in [-0.39, 0.29) is 18.3 Å². The van der Waals surface area contributed by atoms with E-state index in [1.165, 1.54) is 18.5 Å². The van der Waals surface area contributed by atoms with E-state index in [9.17, 15) is 18.4 Å². The predicted molar refractivity (Wildman–Crippen MR) is 178 cm³/mol. The van der Waals surface area contributed by atoms with E-state index in [4.69, 9.17) is 27.1 Å². The number of amides is 2. The van der Waals surface area contributed by atoms with E-state index in [0.717, 1.165) is 12.8 Å². The number of pyridine rings is 3. The van der Waals surface area contributed by atoms with Gasteiger partial charge in [-0.1, -0.05) is 17.7 Å². The van der Waals surface area contributed by atoms with Crippen molar-refractivity contribution in [3.63, 3.8) is 0 Å². The molecule has 0 bridgehead atoms. The number of primary amides is 1. The molecule has 1 aromatic carbocycles. The Morgan fingerprint density at radius 3 is 2.57 bits per heavy atom. The Hall–Kier alpha value is -5.17. The number of nitrogens with zero attached hydrogens (tertiary/aromatic N) is 6. The summed E-state index contributed by atoms with van der Waals surface area (Å²) in [5, 5.41) is 5.75. The monoisotopic (exact) mass is 687 g/mol. The SMILES string of the molecule is C[C@@H](c1ccc(OC(F)F)nc1)n1ncc2c(-c3ccc4c(c3)OC(C)(C)C(=O)N4Cc3ccc(Cl)cn3)c(C(N)=O)c(CC3CC3)nc21. The number of ether oxygens (including phenoxy) is 2. The largest absolute Gasteiger partial charge is 0.476 e. The van der Waals surface area contributed by atoms with Gasteiger partial charge in [-0.05, 0) is 87.4 Å². The van der Waals surface area contributed by atoms with Crippen LogP contribution in [0.2, 0.25) is 5.02 Å². The molecule has 1 aliphatic carbocycles. The number of rotatable bonds is 10. The van der Waals surface area contributed by atoms with Crippen LogP contribution in [0.25, 0.3) is 22.2 Å². The van der Waals surface area contributed by atoms with Gasteiger partial charge in [0.05, 0.1) is 46.4 Å². The Bertz CT molecular complexity index is 2080. The molecule has 5 heterocycles. The molecule has 2 aliphatic rings. The average Bonchev–Trinajstić information content (AvgIpc) is 3.78. The van der Waals surface area contributed by atoms with Crippen LogP contribution >= 0.6 is 11.6 Å². The number of halogens is 3. The molecule has 2 N–H and O–H groups in total. The van der Waals surface area contributed by atoms with Gasteiger partial charge in [-0.25, -0.2) is 14.6 Å². The van der Waals surface area contributed by atoms with Crippen LogP contribution in [0.5, 0.6) is 11.6 Å². The zero-order valence-electron chi connectivity index (χ0n) is 26.9. The summed E-state index contributed by atoms with van der Waals surface area (Å²) >= 11 is 6.04. The average molecular weight is 688 g/mol. The number of fused-ring (bicyclic) bond motifs is 2.